The molecule has 4 aromatic rings. The minimum atomic E-state index is -4.69. The number of hydrogen-bond donors (Lipinski definition) is 1. The highest BCUT2D eigenvalue weighted by molar-refractivity contribution is 8.00. The largest absolute Gasteiger partial charge is 0.418 e. The molecular weight excluding hydrogens is 626 g/mol. The van der Waals surface area contributed by atoms with E-state index >= 15 is 0 Å². The molecular formula is C32H27F3N4O4S2. The number of nitrogens with one attached hydrogen (secondary N) is 1. The number of amides is 3. The van der Waals surface area contributed by atoms with Gasteiger partial charge in [0.1, 0.15) is 11.8 Å². The summed E-state index contributed by atoms with van der Waals surface area (Å²) in [5, 5.41) is 1.74. The number of aryl methyl sites for hydroxylation is 1. The van der Waals surface area contributed by atoms with E-state index in [2.05, 4.69) is 5.32 Å². The molecule has 1 N–H and O–H groups in total. The van der Waals surface area contributed by atoms with Crippen LogP contribution in [0, 0.1) is 12.8 Å². The zero-order chi connectivity index (χ0) is 32.2. The van der Waals surface area contributed by atoms with Gasteiger partial charge in [0.15, 0.2) is 0 Å². The molecule has 2 aliphatic heterocycles. The molecule has 1 aromatic heterocycles. The predicted molar refractivity (Wildman–Crippen MR) is 168 cm³/mol. The summed E-state index contributed by atoms with van der Waals surface area (Å²) in [6.07, 6.45) is -4.69. The molecule has 0 saturated carbocycles. The second-order valence-electron chi connectivity index (χ2n) is 11.1. The molecule has 2 aliphatic rings. The Hall–Kier alpha value is -4.36. The molecule has 3 heterocycles. The number of carbonyl (C=O) groups excluding carboxylic acids is 3. The first-order chi connectivity index (χ1) is 21.3. The molecule has 3 amide bonds. The van der Waals surface area contributed by atoms with Crippen molar-refractivity contribution in [2.24, 2.45) is 5.92 Å². The molecule has 0 radical (unpaired) electrons. The van der Waals surface area contributed by atoms with Crippen LogP contribution in [-0.4, -0.2) is 41.6 Å². The van der Waals surface area contributed by atoms with Crippen LogP contribution in [0.5, 0.6) is 0 Å². The van der Waals surface area contributed by atoms with E-state index in [1.54, 1.807) is 12.1 Å². The number of aromatic nitrogens is 1. The van der Waals surface area contributed by atoms with E-state index in [4.69, 9.17) is 0 Å². The second kappa shape index (κ2) is 11.5. The maximum atomic E-state index is 14.0. The Morgan fingerprint density at radius 2 is 1.60 bits per heavy atom. The Labute approximate surface area is 264 Å². The van der Waals surface area contributed by atoms with Crippen LogP contribution in [0.15, 0.2) is 82.6 Å². The molecule has 45 heavy (non-hydrogen) atoms. The van der Waals surface area contributed by atoms with Crippen molar-refractivity contribution < 1.29 is 27.6 Å². The van der Waals surface area contributed by atoms with Crippen LogP contribution in [0.4, 0.5) is 30.2 Å². The third-order valence-electron chi connectivity index (χ3n) is 7.92. The summed E-state index contributed by atoms with van der Waals surface area (Å²) in [6.45, 7) is 1.33. The van der Waals surface area contributed by atoms with Crippen LogP contribution in [0.3, 0.4) is 0 Å². The van der Waals surface area contributed by atoms with Crippen molar-refractivity contribution in [3.63, 3.8) is 0 Å². The molecule has 3 aromatic carbocycles. The lowest BCUT2D eigenvalue weighted by Gasteiger charge is -2.31. The van der Waals surface area contributed by atoms with Gasteiger partial charge in [-0.3, -0.25) is 23.7 Å². The molecule has 0 bridgehead atoms. The van der Waals surface area contributed by atoms with Crippen LogP contribution in [0.25, 0.3) is 0 Å². The number of para-hydroxylation sites is 1. The Balaban J connectivity index is 1.40. The van der Waals surface area contributed by atoms with Gasteiger partial charge >= 0.3 is 11.0 Å². The number of thiazole rings is 1. The Morgan fingerprint density at radius 1 is 0.933 bits per heavy atom. The summed E-state index contributed by atoms with van der Waals surface area (Å²) in [5.74, 6) is -3.14. The number of anilines is 3. The Kier molecular flexibility index (Phi) is 7.86. The number of rotatable bonds is 6. The van der Waals surface area contributed by atoms with Crippen LogP contribution in [0.2, 0.25) is 0 Å². The van der Waals surface area contributed by atoms with Crippen LogP contribution in [-0.2, 0) is 27.1 Å². The molecule has 1 fully saturated rings. The van der Waals surface area contributed by atoms with Gasteiger partial charge in [-0.2, -0.15) is 13.2 Å². The number of halogens is 3. The van der Waals surface area contributed by atoms with Crippen molar-refractivity contribution in [3.8, 4) is 0 Å². The van der Waals surface area contributed by atoms with Crippen molar-refractivity contribution in [2.75, 3.05) is 29.2 Å². The molecule has 1 saturated heterocycles. The van der Waals surface area contributed by atoms with Gasteiger partial charge < -0.3 is 10.2 Å². The molecule has 13 heteroatoms. The summed E-state index contributed by atoms with van der Waals surface area (Å²) in [6, 6.07) is 19.1. The van der Waals surface area contributed by atoms with Crippen LogP contribution < -0.4 is 20.0 Å². The predicted octanol–water partition coefficient (Wildman–Crippen LogP) is 5.74. The van der Waals surface area contributed by atoms with Gasteiger partial charge in [-0.25, -0.2) is 4.90 Å². The maximum Gasteiger partial charge on any atom is 0.418 e. The SMILES string of the molecule is Cc1ccc(N2C(=O)C3Sc4c(sc(=O)n4CC(=O)Nc4ccccc4C(F)(F)F)C(c4ccc(N(C)C)cc4)C3C2=O)cc1. The van der Waals surface area contributed by atoms with Gasteiger partial charge in [0, 0.05) is 30.6 Å². The summed E-state index contributed by atoms with van der Waals surface area (Å²) >= 11 is 1.92. The first-order valence-corrected chi connectivity index (χ1v) is 15.6. The van der Waals surface area contributed by atoms with Crippen LogP contribution in [0.1, 0.15) is 27.5 Å². The summed E-state index contributed by atoms with van der Waals surface area (Å²) in [5.41, 5.74) is 1.60. The molecule has 232 valence electrons. The third kappa shape index (κ3) is 5.54. The van der Waals surface area contributed by atoms with Gasteiger partial charge in [-0.15, -0.1) is 0 Å². The van der Waals surface area contributed by atoms with E-state index in [0.29, 0.717) is 15.6 Å². The van der Waals surface area contributed by atoms with Crippen molar-refractivity contribution in [1.82, 2.24) is 4.57 Å². The van der Waals surface area contributed by atoms with Crippen molar-refractivity contribution in [3.05, 3.63) is 104 Å². The first kappa shape index (κ1) is 30.7. The third-order valence-corrected chi connectivity index (χ3v) is 10.5. The van der Waals surface area contributed by atoms with Gasteiger partial charge in [0.2, 0.25) is 17.7 Å². The standard InChI is InChI=1S/C32H27F3N4O4S2/c1-17-8-12-20(13-9-17)39-28(41)25-24(18-10-14-19(15-11-18)37(2)3)27-30(44-26(25)29(39)42)38(31(43)45-27)16-23(40)36-22-7-5-4-6-21(22)32(33,34)35/h4-15,24-26H,16H2,1-3H3,(H,36,40). The topological polar surface area (TPSA) is 91.7 Å². The monoisotopic (exact) mass is 652 g/mol. The first-order valence-electron chi connectivity index (χ1n) is 13.9. The average molecular weight is 653 g/mol. The lowest BCUT2D eigenvalue weighted by molar-refractivity contribution is -0.137. The molecule has 0 spiro atoms. The van der Waals surface area contributed by atoms with Gasteiger partial charge in [-0.1, -0.05) is 65.1 Å². The normalized spacial score (nSPS) is 19.3. The van der Waals surface area contributed by atoms with Crippen molar-refractivity contribution in [2.45, 2.75) is 35.8 Å². The molecule has 8 nitrogen and oxygen atoms in total. The van der Waals surface area contributed by atoms with E-state index < -0.39 is 57.7 Å². The van der Waals surface area contributed by atoms with Crippen molar-refractivity contribution in [1.29, 1.82) is 0 Å². The highest BCUT2D eigenvalue weighted by Crippen LogP contribution is 2.54. The average Bonchev–Trinajstić information content (AvgIpc) is 3.43. The quantitative estimate of drug-likeness (QED) is 0.268. The fourth-order valence-electron chi connectivity index (χ4n) is 5.72. The van der Waals surface area contributed by atoms with E-state index in [1.807, 2.05) is 62.3 Å². The van der Waals surface area contributed by atoms with E-state index in [0.717, 1.165) is 52.0 Å². The van der Waals surface area contributed by atoms with Gasteiger partial charge in [-0.05, 0) is 48.9 Å². The fraction of sp³-hybridized carbons (Fsp3) is 0.250. The second-order valence-corrected chi connectivity index (χ2v) is 13.2. The Morgan fingerprint density at radius 3 is 2.24 bits per heavy atom. The summed E-state index contributed by atoms with van der Waals surface area (Å²) in [4.78, 5) is 57.5. The Bertz CT molecular complexity index is 1870. The lowest BCUT2D eigenvalue weighted by atomic mass is 9.83. The molecule has 6 rings (SSSR count). The number of benzene rings is 3. The summed E-state index contributed by atoms with van der Waals surface area (Å²) in [7, 11) is 3.78. The number of thioether (sulfide) groups is 1. The number of nitrogens with zero attached hydrogens (tertiary/aromatic N) is 3. The number of carbonyl (C=O) groups is 3. The minimum Gasteiger partial charge on any atom is -0.378 e. The van der Waals surface area contributed by atoms with Gasteiger partial charge in [0.05, 0.1) is 27.9 Å². The smallest absolute Gasteiger partial charge is 0.378 e. The summed E-state index contributed by atoms with van der Waals surface area (Å²) < 4.78 is 41.8. The fourth-order valence-corrected chi connectivity index (χ4v) is 8.49. The number of hydrogen-bond acceptors (Lipinski definition) is 7. The van der Waals surface area contributed by atoms with E-state index in [1.165, 1.54) is 21.6 Å². The zero-order valence-electron chi connectivity index (χ0n) is 24.3. The highest BCUT2D eigenvalue weighted by Gasteiger charge is 2.56. The van der Waals surface area contributed by atoms with Crippen LogP contribution >= 0.6 is 23.1 Å². The van der Waals surface area contributed by atoms with Crippen molar-refractivity contribution >= 4 is 57.9 Å². The number of fused-ring (bicyclic) bond motifs is 2. The minimum absolute atomic E-state index is 0.346. The van der Waals surface area contributed by atoms with Gasteiger partial charge in [0.25, 0.3) is 0 Å². The van der Waals surface area contributed by atoms with E-state index in [9.17, 15) is 32.3 Å². The number of imide groups is 1. The number of alkyl halides is 3. The lowest BCUT2D eigenvalue weighted by Crippen LogP contribution is -2.33. The maximum absolute atomic E-state index is 14.0. The molecule has 3 atom stereocenters. The molecule has 3 unspecified atom stereocenters. The highest BCUT2D eigenvalue weighted by atomic mass is 32.2. The molecule has 0 aliphatic carbocycles. The van der Waals surface area contributed by atoms with E-state index in [-0.39, 0.29) is 5.91 Å². The zero-order valence-corrected chi connectivity index (χ0v) is 25.9.